The molecule has 2 heterocycles. The molecule has 0 amide bonds. The summed E-state index contributed by atoms with van der Waals surface area (Å²) in [5, 5.41) is 25.8. The average Bonchev–Trinajstić information content (AvgIpc) is 2.86. The van der Waals surface area contributed by atoms with Crippen molar-refractivity contribution in [3.8, 4) is 0 Å². The molecule has 10 nitrogen and oxygen atoms in total. The van der Waals surface area contributed by atoms with Crippen LogP contribution in [0.3, 0.4) is 0 Å². The first-order valence-electron chi connectivity index (χ1n) is 6.77. The first-order chi connectivity index (χ1) is 11.0. The number of nitrogens with zero attached hydrogens (tertiary/aromatic N) is 3. The zero-order valence-electron chi connectivity index (χ0n) is 12.1. The Kier molecular flexibility index (Phi) is 3.36. The molecule has 3 rings (SSSR count). The summed E-state index contributed by atoms with van der Waals surface area (Å²) < 4.78 is 6.17. The lowest BCUT2D eigenvalue weighted by molar-refractivity contribution is -0.385. The number of carbonyl (C=O) groups excluding carboxylic acids is 1. The second-order valence-corrected chi connectivity index (χ2v) is 5.02. The number of methoxy groups -OCH3 is 1. The van der Waals surface area contributed by atoms with Gasteiger partial charge < -0.3 is 14.6 Å². The van der Waals surface area contributed by atoms with Crippen LogP contribution in [0.4, 0.5) is 17.2 Å². The van der Waals surface area contributed by atoms with E-state index in [0.29, 0.717) is 24.4 Å². The summed E-state index contributed by atoms with van der Waals surface area (Å²) in [6.45, 7) is 1.07. The number of aryl methyl sites for hydroxylation is 1. The van der Waals surface area contributed by atoms with Crippen molar-refractivity contribution in [2.45, 2.75) is 13.0 Å². The maximum Gasteiger partial charge on any atom is 0.344 e. The van der Waals surface area contributed by atoms with Crippen molar-refractivity contribution >= 4 is 34.1 Å². The molecule has 0 spiro atoms. The molecule has 0 bridgehead atoms. The second-order valence-electron chi connectivity index (χ2n) is 5.02. The van der Waals surface area contributed by atoms with Gasteiger partial charge in [-0.05, 0) is 12.5 Å². The summed E-state index contributed by atoms with van der Waals surface area (Å²) in [5.74, 6) is -0.613. The minimum Gasteiger partial charge on any atom is -0.465 e. The molecule has 0 saturated heterocycles. The fourth-order valence-electron chi connectivity index (χ4n) is 2.83. The van der Waals surface area contributed by atoms with Gasteiger partial charge in [0.1, 0.15) is 5.56 Å². The van der Waals surface area contributed by atoms with Crippen LogP contribution in [0.25, 0.3) is 10.9 Å². The lowest BCUT2D eigenvalue weighted by atomic mass is 10.1. The largest absolute Gasteiger partial charge is 0.465 e. The molecule has 1 aliphatic heterocycles. The molecular weight excluding hydrogens is 308 g/mol. The van der Waals surface area contributed by atoms with Crippen LogP contribution in [0.15, 0.2) is 12.1 Å². The highest BCUT2D eigenvalue weighted by Gasteiger charge is 2.32. The number of ether oxygens (including phenoxy) is 1. The molecule has 120 valence electrons. The zero-order chi connectivity index (χ0) is 16.7. The third kappa shape index (κ3) is 2.15. The van der Waals surface area contributed by atoms with Crippen molar-refractivity contribution in [3.05, 3.63) is 37.9 Å². The SMILES string of the molecule is COC(=O)c1cc2c([N+](=O)[O-])c3n(c2cc1[N+](=O)[O-])CCCN3. The van der Waals surface area contributed by atoms with E-state index < -0.39 is 21.5 Å². The standard InChI is InChI=1S/C13H12N4O6/c1-23-13(18)8-5-7-9(6-10(8)16(19)20)15-4-2-3-14-12(15)11(7)17(21)22/h5-6,14H,2-4H2,1H3. The van der Waals surface area contributed by atoms with Crippen molar-refractivity contribution < 1.29 is 19.4 Å². The lowest BCUT2D eigenvalue weighted by Gasteiger charge is -2.16. The Labute approximate surface area is 128 Å². The number of rotatable bonds is 3. The minimum atomic E-state index is -0.912. The van der Waals surface area contributed by atoms with Gasteiger partial charge in [0.15, 0.2) is 5.82 Å². The van der Waals surface area contributed by atoms with Crippen LogP contribution in [0.5, 0.6) is 0 Å². The number of nitrogens with one attached hydrogen (secondary N) is 1. The summed E-state index contributed by atoms with van der Waals surface area (Å²) in [6.07, 6.45) is 0.737. The van der Waals surface area contributed by atoms with Crippen LogP contribution in [0, 0.1) is 20.2 Å². The number of hydrogen-bond acceptors (Lipinski definition) is 7. The predicted molar refractivity (Wildman–Crippen MR) is 79.7 cm³/mol. The molecule has 0 radical (unpaired) electrons. The number of aromatic nitrogens is 1. The van der Waals surface area contributed by atoms with E-state index in [0.717, 1.165) is 19.6 Å². The zero-order valence-corrected chi connectivity index (χ0v) is 12.1. The van der Waals surface area contributed by atoms with E-state index in [1.165, 1.54) is 6.07 Å². The van der Waals surface area contributed by atoms with Gasteiger partial charge in [0.2, 0.25) is 0 Å². The van der Waals surface area contributed by atoms with Gasteiger partial charge in [0, 0.05) is 19.2 Å². The number of carbonyl (C=O) groups is 1. The quantitative estimate of drug-likeness (QED) is 0.520. The molecule has 1 N–H and O–H groups in total. The van der Waals surface area contributed by atoms with Crippen molar-refractivity contribution in [1.29, 1.82) is 0 Å². The first-order valence-corrected chi connectivity index (χ1v) is 6.77. The smallest absolute Gasteiger partial charge is 0.344 e. The van der Waals surface area contributed by atoms with Crippen molar-refractivity contribution in [1.82, 2.24) is 4.57 Å². The Morgan fingerprint density at radius 3 is 2.65 bits per heavy atom. The van der Waals surface area contributed by atoms with Gasteiger partial charge in [0.25, 0.3) is 5.69 Å². The molecule has 0 unspecified atom stereocenters. The summed E-state index contributed by atoms with van der Waals surface area (Å²) in [4.78, 5) is 33.2. The van der Waals surface area contributed by atoms with Gasteiger partial charge in [-0.3, -0.25) is 20.2 Å². The van der Waals surface area contributed by atoms with Gasteiger partial charge in [-0.1, -0.05) is 0 Å². The first kappa shape index (κ1) is 14.8. The Balaban J connectivity index is 2.41. The molecule has 0 atom stereocenters. The Morgan fingerprint density at radius 1 is 1.30 bits per heavy atom. The Morgan fingerprint density at radius 2 is 2.04 bits per heavy atom. The second kappa shape index (κ2) is 5.23. The van der Waals surface area contributed by atoms with Crippen LogP contribution in [0.2, 0.25) is 0 Å². The summed E-state index contributed by atoms with van der Waals surface area (Å²) >= 11 is 0. The van der Waals surface area contributed by atoms with E-state index in [1.54, 1.807) is 4.57 Å². The lowest BCUT2D eigenvalue weighted by Crippen LogP contribution is -2.17. The Hall–Kier alpha value is -3.17. The van der Waals surface area contributed by atoms with Gasteiger partial charge in [0.05, 0.1) is 27.9 Å². The van der Waals surface area contributed by atoms with E-state index in [-0.39, 0.29) is 16.6 Å². The van der Waals surface area contributed by atoms with Gasteiger partial charge >= 0.3 is 11.7 Å². The van der Waals surface area contributed by atoms with Crippen LogP contribution in [0.1, 0.15) is 16.8 Å². The molecule has 0 saturated carbocycles. The highest BCUT2D eigenvalue weighted by Crippen LogP contribution is 2.41. The number of benzene rings is 1. The van der Waals surface area contributed by atoms with E-state index in [1.807, 2.05) is 0 Å². The maximum absolute atomic E-state index is 11.8. The maximum atomic E-state index is 11.8. The molecule has 10 heteroatoms. The normalized spacial score (nSPS) is 13.3. The van der Waals surface area contributed by atoms with Crippen LogP contribution in [-0.2, 0) is 11.3 Å². The fraction of sp³-hybridized carbons (Fsp3) is 0.308. The van der Waals surface area contributed by atoms with E-state index in [4.69, 9.17) is 0 Å². The third-order valence-corrected chi connectivity index (χ3v) is 3.79. The number of hydrogen-bond donors (Lipinski definition) is 1. The number of anilines is 1. The van der Waals surface area contributed by atoms with Gasteiger partial charge in [-0.15, -0.1) is 0 Å². The Bertz CT molecular complexity index is 856. The minimum absolute atomic E-state index is 0.172. The third-order valence-electron chi connectivity index (χ3n) is 3.79. The summed E-state index contributed by atoms with van der Waals surface area (Å²) in [6, 6.07) is 2.34. The summed E-state index contributed by atoms with van der Waals surface area (Å²) in [7, 11) is 1.09. The highest BCUT2D eigenvalue weighted by atomic mass is 16.6. The van der Waals surface area contributed by atoms with Crippen LogP contribution < -0.4 is 5.32 Å². The molecule has 2 aromatic rings. The molecule has 23 heavy (non-hydrogen) atoms. The van der Waals surface area contributed by atoms with Crippen molar-refractivity contribution in [2.24, 2.45) is 0 Å². The molecular formula is C13H12N4O6. The monoisotopic (exact) mass is 320 g/mol. The van der Waals surface area contributed by atoms with Crippen molar-refractivity contribution in [3.63, 3.8) is 0 Å². The molecule has 1 aliphatic rings. The predicted octanol–water partition coefficient (Wildman–Crippen LogP) is 2.06. The van der Waals surface area contributed by atoms with E-state index in [2.05, 4.69) is 10.1 Å². The van der Waals surface area contributed by atoms with Crippen LogP contribution in [-0.4, -0.2) is 34.0 Å². The number of nitro benzene ring substituents is 1. The van der Waals surface area contributed by atoms with E-state index in [9.17, 15) is 25.0 Å². The van der Waals surface area contributed by atoms with E-state index >= 15 is 0 Å². The number of esters is 1. The summed E-state index contributed by atoms with van der Waals surface area (Å²) in [5.41, 5.74) is -0.598. The molecule has 1 aromatic carbocycles. The number of nitro groups is 2. The molecule has 0 fully saturated rings. The van der Waals surface area contributed by atoms with Gasteiger partial charge in [-0.2, -0.15) is 0 Å². The fourth-order valence-corrected chi connectivity index (χ4v) is 2.83. The molecule has 1 aromatic heterocycles. The number of fused-ring (bicyclic) bond motifs is 3. The average molecular weight is 320 g/mol. The molecule has 0 aliphatic carbocycles. The van der Waals surface area contributed by atoms with Gasteiger partial charge in [-0.25, -0.2) is 4.79 Å². The topological polar surface area (TPSA) is 130 Å². The highest BCUT2D eigenvalue weighted by molar-refractivity contribution is 6.05. The van der Waals surface area contributed by atoms with Crippen molar-refractivity contribution in [2.75, 3.05) is 19.0 Å². The van der Waals surface area contributed by atoms with Crippen LogP contribution >= 0.6 is 0 Å².